The fourth-order valence-electron chi connectivity index (χ4n) is 2.35. The number of aliphatic imine (C=N–C) groups is 1. The second kappa shape index (κ2) is 13.7. The summed E-state index contributed by atoms with van der Waals surface area (Å²) in [4.78, 5) is 8.03. The van der Waals surface area contributed by atoms with Crippen LogP contribution in [-0.2, 0) is 6.54 Å². The van der Waals surface area contributed by atoms with Crippen molar-refractivity contribution in [3.63, 3.8) is 0 Å². The van der Waals surface area contributed by atoms with Gasteiger partial charge in [0.25, 0.3) is 0 Å². The molecule has 0 aliphatic carbocycles. The van der Waals surface area contributed by atoms with Crippen LogP contribution in [0.2, 0.25) is 0 Å². The largest absolute Gasteiger partial charge is 0.356 e. The van der Waals surface area contributed by atoms with Gasteiger partial charge in [-0.1, -0.05) is 12.1 Å². The molecule has 0 atom stereocenters. The molecule has 4 nitrogen and oxygen atoms in total. The standard InChI is InChI=1S/C19H34N4S.HI/c1-15(2)23(5)12-8-7-11-21-19(20-4)22-14-17-10-9-16(3)13-18(17)24-6;/h9-10,13,15H,7-8,11-12,14H2,1-6H3,(H2,20,21,22);1H. The van der Waals surface area contributed by atoms with E-state index in [9.17, 15) is 0 Å². The molecule has 1 rings (SSSR count). The summed E-state index contributed by atoms with van der Waals surface area (Å²) >= 11 is 1.79. The summed E-state index contributed by atoms with van der Waals surface area (Å²) in [7, 11) is 4.01. The van der Waals surface area contributed by atoms with E-state index < -0.39 is 0 Å². The van der Waals surface area contributed by atoms with Crippen molar-refractivity contribution in [3.8, 4) is 0 Å². The Morgan fingerprint density at radius 1 is 1.24 bits per heavy atom. The Bertz CT molecular complexity index is 520. The number of hydrogen-bond donors (Lipinski definition) is 2. The van der Waals surface area contributed by atoms with Crippen LogP contribution in [0.15, 0.2) is 28.1 Å². The molecule has 0 aliphatic rings. The van der Waals surface area contributed by atoms with Gasteiger partial charge in [0.15, 0.2) is 5.96 Å². The maximum atomic E-state index is 4.31. The number of thioether (sulfide) groups is 1. The number of guanidine groups is 1. The molecule has 25 heavy (non-hydrogen) atoms. The molecule has 0 aliphatic heterocycles. The summed E-state index contributed by atoms with van der Waals surface area (Å²) in [6, 6.07) is 7.22. The normalized spacial score (nSPS) is 11.6. The summed E-state index contributed by atoms with van der Waals surface area (Å²) in [6.07, 6.45) is 4.48. The van der Waals surface area contributed by atoms with E-state index in [1.165, 1.54) is 22.4 Å². The first kappa shape index (κ1) is 24.5. The third-order valence-corrected chi connectivity index (χ3v) is 5.04. The number of nitrogens with zero attached hydrogens (tertiary/aromatic N) is 2. The van der Waals surface area contributed by atoms with Crippen LogP contribution < -0.4 is 10.6 Å². The van der Waals surface area contributed by atoms with Gasteiger partial charge in [-0.3, -0.25) is 4.99 Å². The molecule has 0 unspecified atom stereocenters. The quantitative estimate of drug-likeness (QED) is 0.184. The third kappa shape index (κ3) is 9.70. The first-order valence-corrected chi connectivity index (χ1v) is 9.98. The van der Waals surface area contributed by atoms with Crippen LogP contribution in [0.5, 0.6) is 0 Å². The second-order valence-corrected chi connectivity index (χ2v) is 7.30. The first-order chi connectivity index (χ1) is 11.5. The van der Waals surface area contributed by atoms with E-state index in [-0.39, 0.29) is 24.0 Å². The Morgan fingerprint density at radius 3 is 2.56 bits per heavy atom. The molecule has 0 saturated carbocycles. The minimum Gasteiger partial charge on any atom is -0.356 e. The van der Waals surface area contributed by atoms with Crippen molar-refractivity contribution < 1.29 is 0 Å². The van der Waals surface area contributed by atoms with Gasteiger partial charge in [-0.25, -0.2) is 0 Å². The van der Waals surface area contributed by atoms with Crippen LogP contribution in [0.25, 0.3) is 0 Å². The Kier molecular flexibility index (Phi) is 13.4. The summed E-state index contributed by atoms with van der Waals surface area (Å²) in [5.74, 6) is 0.875. The molecule has 2 N–H and O–H groups in total. The average Bonchev–Trinajstić information content (AvgIpc) is 2.57. The summed E-state index contributed by atoms with van der Waals surface area (Å²) in [6.45, 7) is 9.50. The lowest BCUT2D eigenvalue weighted by molar-refractivity contribution is 0.268. The molecule has 144 valence electrons. The SMILES string of the molecule is CN=C(NCCCCN(C)C(C)C)NCc1ccc(C)cc1SC.I. The molecule has 0 spiro atoms. The predicted molar refractivity (Wildman–Crippen MR) is 124 cm³/mol. The van der Waals surface area contributed by atoms with Gasteiger partial charge in [0.1, 0.15) is 0 Å². The monoisotopic (exact) mass is 478 g/mol. The van der Waals surface area contributed by atoms with Gasteiger partial charge in [0.2, 0.25) is 0 Å². The van der Waals surface area contributed by atoms with Gasteiger partial charge >= 0.3 is 0 Å². The minimum absolute atomic E-state index is 0. The van der Waals surface area contributed by atoms with Crippen LogP contribution in [-0.4, -0.2) is 50.3 Å². The van der Waals surface area contributed by atoms with Gasteiger partial charge in [-0.05, 0) is 70.7 Å². The first-order valence-electron chi connectivity index (χ1n) is 8.76. The van der Waals surface area contributed by atoms with Crippen molar-refractivity contribution in [3.05, 3.63) is 29.3 Å². The van der Waals surface area contributed by atoms with Crippen LogP contribution in [0, 0.1) is 6.92 Å². The number of hydrogen-bond acceptors (Lipinski definition) is 3. The van der Waals surface area contributed by atoms with E-state index in [2.05, 4.69) is 72.8 Å². The van der Waals surface area contributed by atoms with E-state index in [0.717, 1.165) is 32.0 Å². The Balaban J connectivity index is 0.00000576. The van der Waals surface area contributed by atoms with Crippen LogP contribution >= 0.6 is 35.7 Å². The zero-order valence-corrected chi connectivity index (χ0v) is 19.7. The molecule has 0 saturated heterocycles. The lowest BCUT2D eigenvalue weighted by atomic mass is 10.1. The topological polar surface area (TPSA) is 39.7 Å². The highest BCUT2D eigenvalue weighted by Crippen LogP contribution is 2.21. The lowest BCUT2D eigenvalue weighted by Gasteiger charge is -2.20. The average molecular weight is 478 g/mol. The third-order valence-electron chi connectivity index (χ3n) is 4.22. The van der Waals surface area contributed by atoms with Gasteiger partial charge in [0.05, 0.1) is 0 Å². The van der Waals surface area contributed by atoms with Crippen molar-refractivity contribution in [2.45, 2.75) is 51.1 Å². The van der Waals surface area contributed by atoms with E-state index in [4.69, 9.17) is 0 Å². The van der Waals surface area contributed by atoms with Crippen molar-refractivity contribution in [2.75, 3.05) is 33.4 Å². The van der Waals surface area contributed by atoms with Crippen molar-refractivity contribution in [2.24, 2.45) is 4.99 Å². The van der Waals surface area contributed by atoms with Gasteiger partial charge in [-0.2, -0.15) is 0 Å². The summed E-state index contributed by atoms with van der Waals surface area (Å²) in [5, 5.41) is 6.82. The highest BCUT2D eigenvalue weighted by molar-refractivity contribution is 14.0. The minimum atomic E-state index is 0. The highest BCUT2D eigenvalue weighted by atomic mass is 127. The van der Waals surface area contributed by atoms with Crippen molar-refractivity contribution in [1.29, 1.82) is 0 Å². The van der Waals surface area contributed by atoms with E-state index in [0.29, 0.717) is 6.04 Å². The van der Waals surface area contributed by atoms with Crippen molar-refractivity contribution in [1.82, 2.24) is 15.5 Å². The van der Waals surface area contributed by atoms with E-state index in [1.807, 2.05) is 7.05 Å². The van der Waals surface area contributed by atoms with Crippen molar-refractivity contribution >= 4 is 41.7 Å². The zero-order chi connectivity index (χ0) is 17.9. The van der Waals surface area contributed by atoms with E-state index in [1.54, 1.807) is 11.8 Å². The van der Waals surface area contributed by atoms with Gasteiger partial charge in [-0.15, -0.1) is 35.7 Å². The zero-order valence-electron chi connectivity index (χ0n) is 16.6. The highest BCUT2D eigenvalue weighted by Gasteiger charge is 2.04. The molecule has 0 heterocycles. The smallest absolute Gasteiger partial charge is 0.191 e. The summed E-state index contributed by atoms with van der Waals surface area (Å²) < 4.78 is 0. The fraction of sp³-hybridized carbons (Fsp3) is 0.632. The second-order valence-electron chi connectivity index (χ2n) is 6.45. The number of nitrogens with one attached hydrogen (secondary N) is 2. The molecule has 0 fully saturated rings. The molecule has 0 aromatic heterocycles. The molecule has 6 heteroatoms. The Morgan fingerprint density at radius 2 is 1.96 bits per heavy atom. The maximum absolute atomic E-state index is 4.31. The summed E-state index contributed by atoms with van der Waals surface area (Å²) in [5.41, 5.74) is 2.62. The van der Waals surface area contributed by atoms with Gasteiger partial charge in [0, 0.05) is 31.1 Å². The Labute approximate surface area is 175 Å². The van der Waals surface area contributed by atoms with E-state index >= 15 is 0 Å². The molecule has 0 amide bonds. The molecule has 1 aromatic rings. The molecular weight excluding hydrogens is 443 g/mol. The number of aryl methyl sites for hydroxylation is 1. The molecule has 1 aromatic carbocycles. The van der Waals surface area contributed by atoms with Crippen LogP contribution in [0.4, 0.5) is 0 Å². The van der Waals surface area contributed by atoms with Crippen LogP contribution in [0.3, 0.4) is 0 Å². The van der Waals surface area contributed by atoms with Gasteiger partial charge < -0.3 is 15.5 Å². The Hall–Kier alpha value is -0.470. The number of benzene rings is 1. The fourth-order valence-corrected chi connectivity index (χ4v) is 3.05. The van der Waals surface area contributed by atoms with Crippen LogP contribution in [0.1, 0.15) is 37.8 Å². The predicted octanol–water partition coefficient (Wildman–Crippen LogP) is 4.12. The molecule has 0 radical (unpaired) electrons. The number of halogens is 1. The maximum Gasteiger partial charge on any atom is 0.191 e. The lowest BCUT2D eigenvalue weighted by Crippen LogP contribution is -2.37. The molecular formula is C19H35IN4S. The number of rotatable bonds is 9. The number of unbranched alkanes of at least 4 members (excludes halogenated alkanes) is 1. The molecule has 0 bridgehead atoms.